The van der Waals surface area contributed by atoms with Crippen LogP contribution in [0.25, 0.3) is 6.08 Å². The van der Waals surface area contributed by atoms with Gasteiger partial charge in [-0.3, -0.25) is 19.5 Å². The fourth-order valence-corrected chi connectivity index (χ4v) is 4.11. The van der Waals surface area contributed by atoms with E-state index < -0.39 is 11.4 Å². The summed E-state index contributed by atoms with van der Waals surface area (Å²) >= 11 is 0. The molecule has 0 bridgehead atoms. The van der Waals surface area contributed by atoms with Crippen molar-refractivity contribution in [3.8, 4) is 11.5 Å². The third kappa shape index (κ3) is 5.19. The van der Waals surface area contributed by atoms with Gasteiger partial charge in [0.05, 0.1) is 6.20 Å². The van der Waals surface area contributed by atoms with E-state index in [0.29, 0.717) is 37.1 Å². The van der Waals surface area contributed by atoms with Crippen LogP contribution in [0.2, 0.25) is 0 Å². The molecule has 2 aliphatic rings. The normalized spacial score (nSPS) is 17.1. The molecule has 33 heavy (non-hydrogen) atoms. The van der Waals surface area contributed by atoms with E-state index in [1.807, 2.05) is 0 Å². The zero-order chi connectivity index (χ0) is 23.3. The molecule has 0 atom stereocenters. The van der Waals surface area contributed by atoms with Crippen molar-refractivity contribution in [3.63, 3.8) is 0 Å². The number of nitrogens with zero attached hydrogens (tertiary/aromatic N) is 2. The van der Waals surface area contributed by atoms with E-state index in [2.05, 4.69) is 15.6 Å². The Labute approximate surface area is 190 Å². The van der Waals surface area contributed by atoms with Crippen LogP contribution < -0.4 is 15.4 Å². The van der Waals surface area contributed by atoms with Crippen molar-refractivity contribution in [3.05, 3.63) is 60.2 Å². The zero-order valence-corrected chi connectivity index (χ0v) is 18.1. The third-order valence-corrected chi connectivity index (χ3v) is 5.81. The number of carbonyl (C=O) groups excluding carboxylic acids is 3. The lowest BCUT2D eigenvalue weighted by Crippen LogP contribution is -2.44. The van der Waals surface area contributed by atoms with Gasteiger partial charge in [-0.1, -0.05) is 18.9 Å². The van der Waals surface area contributed by atoms with Gasteiger partial charge in [-0.05, 0) is 55.2 Å². The molecule has 2 aromatic rings. The highest BCUT2D eigenvalue weighted by Gasteiger charge is 2.51. The second kappa shape index (κ2) is 9.81. The number of rotatable bonds is 8. The fourth-order valence-electron chi connectivity index (χ4n) is 4.11. The van der Waals surface area contributed by atoms with Crippen molar-refractivity contribution in [1.29, 1.82) is 0 Å². The number of aromatic nitrogens is 1. The molecule has 4 amide bonds. The summed E-state index contributed by atoms with van der Waals surface area (Å²) in [5.41, 5.74) is -0.209. The first-order valence-electron chi connectivity index (χ1n) is 10.9. The topological polar surface area (TPSA) is 101 Å². The second-order valence-corrected chi connectivity index (χ2v) is 8.13. The lowest BCUT2D eigenvalue weighted by atomic mass is 9.98. The smallest absolute Gasteiger partial charge is 0.325 e. The average Bonchev–Trinajstić information content (AvgIpc) is 3.37. The van der Waals surface area contributed by atoms with Crippen LogP contribution in [0, 0.1) is 5.82 Å². The Morgan fingerprint density at radius 1 is 1.27 bits per heavy atom. The van der Waals surface area contributed by atoms with Crippen molar-refractivity contribution in [1.82, 2.24) is 20.5 Å². The number of benzene rings is 1. The number of hydrogen-bond donors (Lipinski definition) is 2. The van der Waals surface area contributed by atoms with E-state index in [-0.39, 0.29) is 30.1 Å². The van der Waals surface area contributed by atoms with E-state index >= 15 is 0 Å². The quantitative estimate of drug-likeness (QED) is 0.363. The maximum absolute atomic E-state index is 14.3. The molecular weight excluding hydrogens is 427 g/mol. The zero-order valence-electron chi connectivity index (χ0n) is 18.1. The first-order chi connectivity index (χ1) is 16.0. The third-order valence-electron chi connectivity index (χ3n) is 5.81. The standard InChI is InChI=1S/C24H25FN4O4/c25-19-15-17(6-8-20(19)33-18-5-3-12-26-16-18)7-9-21(30)27-13-4-14-29-22(31)24(28-23(29)32)10-1-2-11-24/h3,5-9,12,15-16H,1-2,4,10-11,13-14H2,(H,27,30)(H,28,32)/b9-7+. The van der Waals surface area contributed by atoms with Crippen molar-refractivity contribution < 1.29 is 23.5 Å². The minimum absolute atomic E-state index is 0.0597. The number of pyridine rings is 1. The molecule has 172 valence electrons. The summed E-state index contributed by atoms with van der Waals surface area (Å²) in [7, 11) is 0. The Hall–Kier alpha value is -3.75. The first-order valence-corrected chi connectivity index (χ1v) is 10.9. The van der Waals surface area contributed by atoms with Gasteiger partial charge in [-0.25, -0.2) is 9.18 Å². The Morgan fingerprint density at radius 3 is 2.82 bits per heavy atom. The Morgan fingerprint density at radius 2 is 2.09 bits per heavy atom. The highest BCUT2D eigenvalue weighted by atomic mass is 19.1. The van der Waals surface area contributed by atoms with Gasteiger partial charge in [0, 0.05) is 25.4 Å². The molecule has 1 saturated carbocycles. The molecule has 1 aliphatic heterocycles. The van der Waals surface area contributed by atoms with Crippen LogP contribution in [0.5, 0.6) is 11.5 Å². The molecule has 1 aromatic carbocycles. The lowest BCUT2D eigenvalue weighted by molar-refractivity contribution is -0.131. The number of amides is 4. The Balaban J connectivity index is 1.22. The molecule has 2 heterocycles. The molecular formula is C24H25FN4O4. The van der Waals surface area contributed by atoms with Gasteiger partial charge in [0.1, 0.15) is 11.3 Å². The van der Waals surface area contributed by atoms with E-state index in [1.165, 1.54) is 35.4 Å². The van der Waals surface area contributed by atoms with Crippen molar-refractivity contribution >= 4 is 23.9 Å². The van der Waals surface area contributed by atoms with Crippen LogP contribution in [-0.2, 0) is 9.59 Å². The van der Waals surface area contributed by atoms with E-state index in [4.69, 9.17) is 4.74 Å². The van der Waals surface area contributed by atoms with Crippen molar-refractivity contribution in [2.24, 2.45) is 0 Å². The molecule has 1 aromatic heterocycles. The summed E-state index contributed by atoms with van der Waals surface area (Å²) in [6.07, 6.45) is 9.57. The summed E-state index contributed by atoms with van der Waals surface area (Å²) in [6.45, 7) is 0.555. The molecule has 1 saturated heterocycles. The monoisotopic (exact) mass is 452 g/mol. The number of ether oxygens (including phenoxy) is 1. The van der Waals surface area contributed by atoms with E-state index in [0.717, 1.165) is 12.8 Å². The minimum atomic E-state index is -0.711. The maximum Gasteiger partial charge on any atom is 0.325 e. The largest absolute Gasteiger partial charge is 0.453 e. The van der Waals surface area contributed by atoms with E-state index in [9.17, 15) is 18.8 Å². The number of halogens is 1. The predicted octanol–water partition coefficient (Wildman–Crippen LogP) is 3.40. The van der Waals surface area contributed by atoms with Gasteiger partial charge in [-0.15, -0.1) is 0 Å². The van der Waals surface area contributed by atoms with Gasteiger partial charge in [0.25, 0.3) is 5.91 Å². The molecule has 2 N–H and O–H groups in total. The van der Waals surface area contributed by atoms with Gasteiger partial charge in [-0.2, -0.15) is 0 Å². The van der Waals surface area contributed by atoms with Gasteiger partial charge in [0.2, 0.25) is 5.91 Å². The Bertz CT molecular complexity index is 1070. The molecule has 2 fully saturated rings. The molecule has 1 spiro atoms. The highest BCUT2D eigenvalue weighted by Crippen LogP contribution is 2.35. The number of urea groups is 1. The summed E-state index contributed by atoms with van der Waals surface area (Å²) < 4.78 is 19.7. The number of carbonyl (C=O) groups is 3. The molecule has 9 heteroatoms. The van der Waals surface area contributed by atoms with Crippen LogP contribution in [-0.4, -0.2) is 46.4 Å². The molecule has 0 radical (unpaired) electrons. The van der Waals surface area contributed by atoms with Crippen LogP contribution in [0.1, 0.15) is 37.7 Å². The lowest BCUT2D eigenvalue weighted by Gasteiger charge is -2.19. The average molecular weight is 452 g/mol. The van der Waals surface area contributed by atoms with Crippen LogP contribution >= 0.6 is 0 Å². The van der Waals surface area contributed by atoms with Crippen LogP contribution in [0.4, 0.5) is 9.18 Å². The molecule has 1 aliphatic carbocycles. The summed E-state index contributed by atoms with van der Waals surface area (Å²) in [6, 6.07) is 7.39. The first kappa shape index (κ1) is 22.4. The number of nitrogens with one attached hydrogen (secondary N) is 2. The maximum atomic E-state index is 14.3. The highest BCUT2D eigenvalue weighted by molar-refractivity contribution is 6.07. The minimum Gasteiger partial charge on any atom is -0.453 e. The molecule has 4 rings (SSSR count). The fraction of sp³-hybridized carbons (Fsp3) is 0.333. The van der Waals surface area contributed by atoms with Crippen LogP contribution in [0.3, 0.4) is 0 Å². The second-order valence-electron chi connectivity index (χ2n) is 8.13. The summed E-state index contributed by atoms with van der Waals surface area (Å²) in [4.78, 5) is 41.9. The van der Waals surface area contributed by atoms with Gasteiger partial charge in [0.15, 0.2) is 11.6 Å². The summed E-state index contributed by atoms with van der Waals surface area (Å²) in [5.74, 6) is -0.588. The van der Waals surface area contributed by atoms with Gasteiger partial charge < -0.3 is 15.4 Å². The van der Waals surface area contributed by atoms with Crippen LogP contribution in [0.15, 0.2) is 48.8 Å². The number of hydrogen-bond acceptors (Lipinski definition) is 5. The van der Waals surface area contributed by atoms with E-state index in [1.54, 1.807) is 24.4 Å². The Kier molecular flexibility index (Phi) is 6.67. The van der Waals surface area contributed by atoms with Gasteiger partial charge >= 0.3 is 6.03 Å². The predicted molar refractivity (Wildman–Crippen MR) is 119 cm³/mol. The molecule has 8 nitrogen and oxygen atoms in total. The molecule has 0 unspecified atom stereocenters. The SMILES string of the molecule is O=C(/C=C/c1ccc(Oc2cccnc2)c(F)c1)NCCCN1C(=O)NC2(CCCC2)C1=O. The van der Waals surface area contributed by atoms with Crippen molar-refractivity contribution in [2.75, 3.05) is 13.1 Å². The van der Waals surface area contributed by atoms with Crippen molar-refractivity contribution in [2.45, 2.75) is 37.6 Å². The summed E-state index contributed by atoms with van der Waals surface area (Å²) in [5, 5.41) is 5.54. The number of imide groups is 1.